The molecule has 2 rings (SSSR count). The van der Waals surface area contributed by atoms with Crippen LogP contribution >= 0.6 is 11.8 Å². The van der Waals surface area contributed by atoms with E-state index in [1.54, 1.807) is 0 Å². The van der Waals surface area contributed by atoms with Crippen LogP contribution in [-0.2, 0) is 0 Å². The van der Waals surface area contributed by atoms with Gasteiger partial charge in [0.05, 0.1) is 12.8 Å². The molecule has 0 saturated carbocycles. The molecule has 102 valence electrons. The summed E-state index contributed by atoms with van der Waals surface area (Å²) < 4.78 is 10.5. The molecule has 19 heavy (non-hydrogen) atoms. The molecule has 0 aliphatic carbocycles. The smallest absolute Gasteiger partial charge is 0.321 e. The molecule has 0 unspecified atom stereocenters. The predicted octanol–water partition coefficient (Wildman–Crippen LogP) is 2.07. The van der Waals surface area contributed by atoms with E-state index in [4.69, 9.17) is 9.15 Å². The minimum atomic E-state index is 0.258. The lowest BCUT2D eigenvalue weighted by molar-refractivity contribution is 0.373. The van der Waals surface area contributed by atoms with E-state index in [2.05, 4.69) is 25.3 Å². The van der Waals surface area contributed by atoms with Crippen LogP contribution in [0.2, 0.25) is 0 Å². The van der Waals surface area contributed by atoms with Crippen LogP contribution in [0.1, 0.15) is 18.4 Å². The highest BCUT2D eigenvalue weighted by Crippen LogP contribution is 2.27. The number of aryl methyl sites for hydroxylation is 2. The summed E-state index contributed by atoms with van der Waals surface area (Å²) in [4.78, 5) is 16.8. The number of hydrogen-bond donors (Lipinski definition) is 1. The van der Waals surface area contributed by atoms with Gasteiger partial charge in [0.1, 0.15) is 5.76 Å². The zero-order valence-electron chi connectivity index (χ0n) is 11.2. The number of nitrogens with one attached hydrogen (secondary N) is 1. The van der Waals surface area contributed by atoms with Gasteiger partial charge >= 0.3 is 6.01 Å². The number of methoxy groups -OCH3 is 1. The van der Waals surface area contributed by atoms with Gasteiger partial charge in [0.2, 0.25) is 11.1 Å². The van der Waals surface area contributed by atoms with Crippen molar-refractivity contribution in [1.29, 1.82) is 0 Å². The van der Waals surface area contributed by atoms with E-state index in [1.165, 1.54) is 18.9 Å². The molecule has 0 atom stereocenters. The third kappa shape index (κ3) is 3.34. The highest BCUT2D eigenvalue weighted by atomic mass is 32.2. The number of hydrogen-bond acceptors (Lipinski definition) is 8. The molecule has 0 spiro atoms. The molecule has 0 aliphatic heterocycles. The largest absolute Gasteiger partial charge is 0.467 e. The minimum absolute atomic E-state index is 0.258. The van der Waals surface area contributed by atoms with Crippen molar-refractivity contribution < 1.29 is 9.15 Å². The van der Waals surface area contributed by atoms with Gasteiger partial charge in [-0.05, 0) is 20.8 Å². The lowest BCUT2D eigenvalue weighted by atomic mass is 10.4. The maximum absolute atomic E-state index is 5.48. The van der Waals surface area contributed by atoms with E-state index in [-0.39, 0.29) is 6.01 Å². The Labute approximate surface area is 115 Å². The van der Waals surface area contributed by atoms with Gasteiger partial charge in [0.15, 0.2) is 0 Å². The molecule has 1 N–H and O–H groups in total. The molecule has 0 bridgehead atoms. The molecular weight excluding hydrogens is 266 g/mol. The first-order valence-electron chi connectivity index (χ1n) is 5.78. The normalized spacial score (nSPS) is 10.5. The Bertz CT molecular complexity index is 553. The number of nitrogens with zero attached hydrogens (tertiary/aromatic N) is 4. The van der Waals surface area contributed by atoms with Crippen LogP contribution < -0.4 is 10.1 Å². The Balaban J connectivity index is 2.25. The van der Waals surface area contributed by atoms with Crippen LogP contribution in [0, 0.1) is 13.8 Å². The second kappa shape index (κ2) is 5.87. The molecule has 8 heteroatoms. The summed E-state index contributed by atoms with van der Waals surface area (Å²) in [5.41, 5.74) is 0.857. The Morgan fingerprint density at radius 2 is 2.00 bits per heavy atom. The van der Waals surface area contributed by atoms with Gasteiger partial charge in [0, 0.05) is 18.3 Å². The van der Waals surface area contributed by atoms with Crippen molar-refractivity contribution in [1.82, 2.24) is 19.9 Å². The van der Waals surface area contributed by atoms with E-state index < -0.39 is 0 Å². The molecule has 2 aromatic heterocycles. The van der Waals surface area contributed by atoms with Crippen molar-refractivity contribution in [3.05, 3.63) is 11.5 Å². The van der Waals surface area contributed by atoms with Crippen LogP contribution in [0.15, 0.2) is 14.8 Å². The summed E-state index contributed by atoms with van der Waals surface area (Å²) in [6.07, 6.45) is 0. The number of oxazole rings is 1. The Kier molecular flexibility index (Phi) is 4.20. The fourth-order valence-electron chi connectivity index (χ4n) is 1.28. The Morgan fingerprint density at radius 1 is 1.21 bits per heavy atom. The minimum Gasteiger partial charge on any atom is -0.467 e. The summed E-state index contributed by atoms with van der Waals surface area (Å²) >= 11 is 1.23. The van der Waals surface area contributed by atoms with Gasteiger partial charge in [-0.15, -0.1) is 0 Å². The topological polar surface area (TPSA) is 86.0 Å². The van der Waals surface area contributed by atoms with Gasteiger partial charge in [-0.1, -0.05) is 0 Å². The molecular formula is C11H15N5O2S. The monoisotopic (exact) mass is 281 g/mol. The number of ether oxygens (including phenoxy) is 1. The highest BCUT2D eigenvalue weighted by molar-refractivity contribution is 7.98. The fraction of sp³-hybridized carbons (Fsp3) is 0.455. The van der Waals surface area contributed by atoms with Crippen molar-refractivity contribution in [2.45, 2.75) is 31.2 Å². The molecule has 0 radical (unpaired) electrons. The maximum atomic E-state index is 5.48. The van der Waals surface area contributed by atoms with Gasteiger partial charge in [-0.2, -0.15) is 15.0 Å². The molecule has 0 fully saturated rings. The first-order chi connectivity index (χ1) is 9.12. The second-order valence-corrected chi connectivity index (χ2v) is 4.60. The Morgan fingerprint density at radius 3 is 2.58 bits per heavy atom. The predicted molar refractivity (Wildman–Crippen MR) is 70.6 cm³/mol. The number of rotatable bonds is 5. The zero-order valence-corrected chi connectivity index (χ0v) is 12.0. The molecule has 0 saturated heterocycles. The quantitative estimate of drug-likeness (QED) is 0.891. The summed E-state index contributed by atoms with van der Waals surface area (Å²) in [6, 6.07) is 0.258. The van der Waals surface area contributed by atoms with E-state index in [9.17, 15) is 0 Å². The highest BCUT2D eigenvalue weighted by Gasteiger charge is 2.12. The van der Waals surface area contributed by atoms with Crippen molar-refractivity contribution in [3.8, 4) is 6.01 Å². The van der Waals surface area contributed by atoms with E-state index in [1.807, 2.05) is 20.8 Å². The molecule has 2 aromatic rings. The van der Waals surface area contributed by atoms with Crippen molar-refractivity contribution >= 4 is 17.7 Å². The number of aromatic nitrogens is 4. The third-order valence-corrected chi connectivity index (χ3v) is 3.01. The van der Waals surface area contributed by atoms with Crippen molar-refractivity contribution in [3.63, 3.8) is 0 Å². The summed E-state index contributed by atoms with van der Waals surface area (Å²) in [6.45, 7) is 6.43. The Hall–Kier alpha value is -1.83. The molecule has 7 nitrogen and oxygen atoms in total. The summed E-state index contributed by atoms with van der Waals surface area (Å²) in [5.74, 6) is 1.26. The average Bonchev–Trinajstić information content (AvgIpc) is 2.68. The molecule has 0 aromatic carbocycles. The lowest BCUT2D eigenvalue weighted by Gasteiger charge is -2.04. The van der Waals surface area contributed by atoms with Gasteiger partial charge in [-0.3, -0.25) is 0 Å². The third-order valence-electron chi connectivity index (χ3n) is 2.30. The van der Waals surface area contributed by atoms with Crippen molar-refractivity contribution in [2.24, 2.45) is 0 Å². The van der Waals surface area contributed by atoms with E-state index in [0.717, 1.165) is 11.5 Å². The summed E-state index contributed by atoms with van der Waals surface area (Å²) in [5, 5.41) is 4.00. The average molecular weight is 281 g/mol. The van der Waals surface area contributed by atoms with Gasteiger partial charge in [-0.25, -0.2) is 4.98 Å². The first kappa shape index (κ1) is 13.6. The SMILES string of the molecule is CCNc1nc(OC)nc(Sc2nc(C)c(C)o2)n1. The zero-order chi connectivity index (χ0) is 13.8. The lowest BCUT2D eigenvalue weighted by Crippen LogP contribution is -2.05. The molecule has 0 aliphatic rings. The molecule has 2 heterocycles. The van der Waals surface area contributed by atoms with Crippen LogP contribution in [-0.4, -0.2) is 33.6 Å². The fourth-order valence-corrected chi connectivity index (χ4v) is 2.04. The van der Waals surface area contributed by atoms with E-state index >= 15 is 0 Å². The van der Waals surface area contributed by atoms with Crippen LogP contribution in [0.3, 0.4) is 0 Å². The molecule has 0 amide bonds. The van der Waals surface area contributed by atoms with Crippen LogP contribution in [0.25, 0.3) is 0 Å². The standard InChI is InChI=1S/C11H15N5O2S/c1-5-12-8-14-9(17-4)16-10(15-8)19-11-13-6(2)7(3)18-11/h5H2,1-4H3,(H,12,14,15,16). The first-order valence-corrected chi connectivity index (χ1v) is 6.59. The van der Waals surface area contributed by atoms with Crippen molar-refractivity contribution in [2.75, 3.05) is 19.0 Å². The maximum Gasteiger partial charge on any atom is 0.321 e. The van der Waals surface area contributed by atoms with E-state index in [0.29, 0.717) is 22.9 Å². The summed E-state index contributed by atoms with van der Waals surface area (Å²) in [7, 11) is 1.51. The van der Waals surface area contributed by atoms with Crippen LogP contribution in [0.4, 0.5) is 5.95 Å². The van der Waals surface area contributed by atoms with Gasteiger partial charge < -0.3 is 14.5 Å². The van der Waals surface area contributed by atoms with Crippen LogP contribution in [0.5, 0.6) is 6.01 Å². The number of anilines is 1. The van der Waals surface area contributed by atoms with Gasteiger partial charge in [0.25, 0.3) is 5.22 Å². The second-order valence-electron chi connectivity index (χ2n) is 3.68.